The van der Waals surface area contributed by atoms with Gasteiger partial charge in [0.1, 0.15) is 0 Å². The molecule has 3 rings (SSSR count). The Bertz CT molecular complexity index is 1210. The van der Waals surface area contributed by atoms with Gasteiger partial charge in [-0.05, 0) is 84.4 Å². The molecule has 38 heavy (non-hydrogen) atoms. The van der Waals surface area contributed by atoms with Crippen molar-refractivity contribution in [1.82, 2.24) is 10.3 Å². The number of benzene rings is 2. The van der Waals surface area contributed by atoms with Gasteiger partial charge in [-0.2, -0.15) is 0 Å². The molecule has 0 aliphatic carbocycles. The van der Waals surface area contributed by atoms with E-state index in [1.54, 1.807) is 40.7 Å². The van der Waals surface area contributed by atoms with Crippen LogP contribution in [0.2, 0.25) is 0 Å². The van der Waals surface area contributed by atoms with E-state index in [0.29, 0.717) is 29.5 Å². The first-order chi connectivity index (χ1) is 18.5. The maximum absolute atomic E-state index is 12.6. The molecule has 0 atom stereocenters. The van der Waals surface area contributed by atoms with Gasteiger partial charge in [-0.15, -0.1) is 0 Å². The fourth-order valence-corrected chi connectivity index (χ4v) is 4.08. The van der Waals surface area contributed by atoms with E-state index in [1.807, 2.05) is 61.7 Å². The molecular formula is C31H36N2O5. The molecule has 1 heterocycles. The SMILES string of the molecule is COc1ccc(C(=C/C(C)=C/C(=O)NCCCCc2cccnc2)c2ccc(OC)c(OC)c2)cc1OC. The molecule has 0 spiro atoms. The van der Waals surface area contributed by atoms with Gasteiger partial charge in [0.2, 0.25) is 5.91 Å². The van der Waals surface area contributed by atoms with Gasteiger partial charge in [0, 0.05) is 25.0 Å². The van der Waals surface area contributed by atoms with Crippen molar-refractivity contribution in [2.45, 2.75) is 26.2 Å². The van der Waals surface area contributed by atoms with Crippen molar-refractivity contribution in [3.8, 4) is 23.0 Å². The van der Waals surface area contributed by atoms with E-state index < -0.39 is 0 Å². The molecule has 0 saturated heterocycles. The second-order valence-electron chi connectivity index (χ2n) is 8.70. The average Bonchev–Trinajstić information content (AvgIpc) is 2.95. The number of rotatable bonds is 13. The molecule has 0 aliphatic heterocycles. The number of amides is 1. The molecule has 0 radical (unpaired) electrons. The molecule has 0 bridgehead atoms. The van der Waals surface area contributed by atoms with Crippen molar-refractivity contribution in [2.24, 2.45) is 0 Å². The first-order valence-corrected chi connectivity index (χ1v) is 12.5. The highest BCUT2D eigenvalue weighted by atomic mass is 16.5. The number of nitrogens with one attached hydrogen (secondary N) is 1. The van der Waals surface area contributed by atoms with Crippen LogP contribution in [0, 0.1) is 0 Å². The third kappa shape index (κ3) is 7.87. The second-order valence-corrected chi connectivity index (χ2v) is 8.70. The number of hydrogen-bond acceptors (Lipinski definition) is 6. The molecule has 2 aromatic carbocycles. The number of carbonyl (C=O) groups is 1. The summed E-state index contributed by atoms with van der Waals surface area (Å²) in [5, 5.41) is 2.99. The lowest BCUT2D eigenvalue weighted by Gasteiger charge is -2.15. The second kappa shape index (κ2) is 14.5. The summed E-state index contributed by atoms with van der Waals surface area (Å²) in [6.45, 7) is 2.52. The number of aromatic nitrogens is 1. The van der Waals surface area contributed by atoms with E-state index in [9.17, 15) is 4.79 Å². The standard InChI is InChI=1S/C31H36N2O5/c1-22(18-31(34)33-16-7-6-9-23-10-8-15-32-21-23)17-26(24-11-13-27(35-2)29(19-24)37-4)25-12-14-28(36-3)30(20-25)38-5/h8,10-15,17-21H,6-7,9,16H2,1-5H3,(H,33,34)/b22-18+. The zero-order chi connectivity index (χ0) is 27.3. The van der Waals surface area contributed by atoms with Crippen LogP contribution < -0.4 is 24.3 Å². The van der Waals surface area contributed by atoms with E-state index in [4.69, 9.17) is 18.9 Å². The fraction of sp³-hybridized carbons (Fsp3) is 0.290. The topological polar surface area (TPSA) is 78.9 Å². The van der Waals surface area contributed by atoms with Crippen LogP contribution in [0.15, 0.2) is 78.6 Å². The fourth-order valence-electron chi connectivity index (χ4n) is 4.08. The predicted octanol–water partition coefficient (Wildman–Crippen LogP) is 5.63. The van der Waals surface area contributed by atoms with Crippen LogP contribution in [0.5, 0.6) is 23.0 Å². The molecule has 7 heteroatoms. The maximum atomic E-state index is 12.6. The van der Waals surface area contributed by atoms with Crippen molar-refractivity contribution in [1.29, 1.82) is 0 Å². The molecule has 3 aromatic rings. The van der Waals surface area contributed by atoms with Gasteiger partial charge in [0.25, 0.3) is 0 Å². The summed E-state index contributed by atoms with van der Waals surface area (Å²) in [5.74, 6) is 2.37. The van der Waals surface area contributed by atoms with Gasteiger partial charge >= 0.3 is 0 Å². The number of ether oxygens (including phenoxy) is 4. The van der Waals surface area contributed by atoms with Crippen LogP contribution in [0.3, 0.4) is 0 Å². The highest BCUT2D eigenvalue weighted by Crippen LogP contribution is 2.36. The summed E-state index contributed by atoms with van der Waals surface area (Å²) in [7, 11) is 6.42. The quantitative estimate of drug-likeness (QED) is 0.180. The lowest BCUT2D eigenvalue weighted by Crippen LogP contribution is -2.22. The minimum absolute atomic E-state index is 0.126. The summed E-state index contributed by atoms with van der Waals surface area (Å²) in [4.78, 5) is 16.7. The van der Waals surface area contributed by atoms with Crippen LogP contribution in [-0.2, 0) is 11.2 Å². The smallest absolute Gasteiger partial charge is 0.244 e. The number of unbranched alkanes of at least 4 members (excludes halogenated alkanes) is 1. The Balaban J connectivity index is 1.80. The molecule has 1 N–H and O–H groups in total. The van der Waals surface area contributed by atoms with Crippen molar-refractivity contribution < 1.29 is 23.7 Å². The molecular weight excluding hydrogens is 480 g/mol. The van der Waals surface area contributed by atoms with Crippen LogP contribution in [0.4, 0.5) is 0 Å². The number of aryl methyl sites for hydroxylation is 1. The number of hydrogen-bond donors (Lipinski definition) is 1. The van der Waals surface area contributed by atoms with Crippen molar-refractivity contribution in [3.63, 3.8) is 0 Å². The van der Waals surface area contributed by atoms with Gasteiger partial charge in [-0.3, -0.25) is 9.78 Å². The Morgan fingerprint density at radius 3 is 1.95 bits per heavy atom. The Morgan fingerprint density at radius 1 is 0.816 bits per heavy atom. The predicted molar refractivity (Wildman–Crippen MR) is 150 cm³/mol. The van der Waals surface area contributed by atoms with Crippen LogP contribution >= 0.6 is 0 Å². The molecule has 0 aliphatic rings. The minimum Gasteiger partial charge on any atom is -0.493 e. The zero-order valence-electron chi connectivity index (χ0n) is 22.7. The highest BCUT2D eigenvalue weighted by molar-refractivity contribution is 5.90. The first kappa shape index (κ1) is 28.3. The lowest BCUT2D eigenvalue weighted by atomic mass is 9.95. The number of methoxy groups -OCH3 is 4. The van der Waals surface area contributed by atoms with Crippen molar-refractivity contribution in [3.05, 3.63) is 95.3 Å². The molecule has 0 unspecified atom stereocenters. The largest absolute Gasteiger partial charge is 0.493 e. The monoisotopic (exact) mass is 516 g/mol. The van der Waals surface area contributed by atoms with E-state index in [-0.39, 0.29) is 5.91 Å². The number of pyridine rings is 1. The van der Waals surface area contributed by atoms with Gasteiger partial charge in [0.05, 0.1) is 28.4 Å². The molecule has 1 aromatic heterocycles. The van der Waals surface area contributed by atoms with E-state index in [0.717, 1.165) is 41.5 Å². The summed E-state index contributed by atoms with van der Waals surface area (Å²) < 4.78 is 21.9. The van der Waals surface area contributed by atoms with Gasteiger partial charge in [-0.1, -0.05) is 24.3 Å². The Kier molecular flexibility index (Phi) is 10.8. The van der Waals surface area contributed by atoms with Gasteiger partial charge in [0.15, 0.2) is 23.0 Å². The normalized spacial score (nSPS) is 10.9. The lowest BCUT2D eigenvalue weighted by molar-refractivity contribution is -0.116. The molecule has 0 saturated carbocycles. The first-order valence-electron chi connectivity index (χ1n) is 12.5. The van der Waals surface area contributed by atoms with Crippen molar-refractivity contribution in [2.75, 3.05) is 35.0 Å². The Labute approximate surface area is 225 Å². The van der Waals surface area contributed by atoms with E-state index in [2.05, 4.69) is 16.4 Å². The Morgan fingerprint density at radius 2 is 1.42 bits per heavy atom. The summed E-state index contributed by atoms with van der Waals surface area (Å²) in [6.07, 6.45) is 10.1. The average molecular weight is 517 g/mol. The molecule has 1 amide bonds. The van der Waals surface area contributed by atoms with Gasteiger partial charge in [-0.25, -0.2) is 0 Å². The minimum atomic E-state index is -0.126. The molecule has 0 fully saturated rings. The van der Waals surface area contributed by atoms with E-state index >= 15 is 0 Å². The molecule has 200 valence electrons. The van der Waals surface area contributed by atoms with Gasteiger partial charge < -0.3 is 24.3 Å². The van der Waals surface area contributed by atoms with E-state index in [1.165, 1.54) is 5.56 Å². The highest BCUT2D eigenvalue weighted by Gasteiger charge is 2.13. The van der Waals surface area contributed by atoms with Crippen molar-refractivity contribution >= 4 is 11.5 Å². The van der Waals surface area contributed by atoms with Crippen LogP contribution in [-0.4, -0.2) is 45.9 Å². The third-order valence-electron chi connectivity index (χ3n) is 6.03. The Hall–Kier alpha value is -4.26. The summed E-state index contributed by atoms with van der Waals surface area (Å²) in [5.41, 5.74) is 4.71. The maximum Gasteiger partial charge on any atom is 0.244 e. The number of carbonyl (C=O) groups excluding carboxylic acids is 1. The number of nitrogens with zero attached hydrogens (tertiary/aromatic N) is 1. The van der Waals surface area contributed by atoms with Crippen LogP contribution in [0.1, 0.15) is 36.5 Å². The van der Waals surface area contributed by atoms with Crippen LogP contribution in [0.25, 0.3) is 5.57 Å². The summed E-state index contributed by atoms with van der Waals surface area (Å²) >= 11 is 0. The molecule has 7 nitrogen and oxygen atoms in total. The zero-order valence-corrected chi connectivity index (χ0v) is 22.7. The third-order valence-corrected chi connectivity index (χ3v) is 6.03. The summed E-state index contributed by atoms with van der Waals surface area (Å²) in [6, 6.07) is 15.5. The number of allylic oxidation sites excluding steroid dienone is 2.